The largest absolute Gasteiger partial charge is 1.00 e. The molecule has 186 valence electrons. The first kappa shape index (κ1) is 29.1. The Bertz CT molecular complexity index is 1190. The van der Waals surface area contributed by atoms with Gasteiger partial charge in [-0.25, -0.2) is 4.79 Å². The number of carboxylic acids is 1. The summed E-state index contributed by atoms with van der Waals surface area (Å²) < 4.78 is 39.0. The molecule has 3 amide bonds. The number of amides is 3. The summed E-state index contributed by atoms with van der Waals surface area (Å²) in [6.45, 7) is 0. The van der Waals surface area contributed by atoms with Crippen LogP contribution in [0.15, 0.2) is 60.8 Å². The third-order valence-electron chi connectivity index (χ3n) is 5.32. The average Bonchev–Trinajstić information content (AvgIpc) is 2.78. The second kappa shape index (κ2) is 12.2. The van der Waals surface area contributed by atoms with E-state index in [9.17, 15) is 37.5 Å². The number of carboxylic acid groups (broad SMARTS) is 1. The zero-order chi connectivity index (χ0) is 25.8. The van der Waals surface area contributed by atoms with Gasteiger partial charge in [0, 0.05) is 19.3 Å². The van der Waals surface area contributed by atoms with E-state index in [0.717, 1.165) is 23.1 Å². The zero-order valence-electron chi connectivity index (χ0n) is 20.5. The monoisotopic (exact) mass is 513 g/mol. The zero-order valence-corrected chi connectivity index (χ0v) is 21.5. The van der Waals surface area contributed by atoms with Crippen LogP contribution in [0.3, 0.4) is 0 Å². The maximum Gasteiger partial charge on any atom is 1.00 e. The molecule has 1 aliphatic rings. The molecule has 2 aromatic carbocycles. The van der Waals surface area contributed by atoms with Crippen LogP contribution in [-0.2, 0) is 27.0 Å². The van der Waals surface area contributed by atoms with E-state index in [4.69, 9.17) is 0 Å². The van der Waals surface area contributed by atoms with Gasteiger partial charge in [0.2, 0.25) is 0 Å². The Morgan fingerprint density at radius 1 is 1.11 bits per heavy atom. The van der Waals surface area contributed by atoms with Gasteiger partial charge in [0.05, 0.1) is 18.0 Å². The molecule has 12 heteroatoms. The molecule has 0 spiro atoms. The number of nitrogens with one attached hydrogen (secondary N) is 2. The van der Waals surface area contributed by atoms with Crippen LogP contribution < -0.4 is 40.2 Å². The topological polar surface area (TPSA) is 116 Å². The molecule has 0 aromatic heterocycles. The third kappa shape index (κ3) is 7.67. The van der Waals surface area contributed by atoms with Gasteiger partial charge in [-0.2, -0.15) is 13.2 Å². The summed E-state index contributed by atoms with van der Waals surface area (Å²) in [6, 6.07) is 7.89. The van der Waals surface area contributed by atoms with Gasteiger partial charge >= 0.3 is 47.7 Å². The molecule has 2 unspecified atom stereocenters. The molecular weight excluding hydrogens is 490 g/mol. The van der Waals surface area contributed by atoms with E-state index in [0.29, 0.717) is 16.7 Å². The maximum atomic E-state index is 13.0. The Hall–Kier alpha value is -3.15. The minimum Gasteiger partial charge on any atom is -1.00 e. The number of hydrogen-bond donors (Lipinski definition) is 3. The third-order valence-corrected chi connectivity index (χ3v) is 5.32. The van der Waals surface area contributed by atoms with Crippen LogP contribution in [0.5, 0.6) is 0 Å². The summed E-state index contributed by atoms with van der Waals surface area (Å²) in [7, 11) is 1.42. The van der Waals surface area contributed by atoms with Crippen molar-refractivity contribution in [1.82, 2.24) is 15.5 Å². The summed E-state index contributed by atoms with van der Waals surface area (Å²) in [5, 5.41) is 14.0. The van der Waals surface area contributed by atoms with Gasteiger partial charge in [-0.1, -0.05) is 42.5 Å². The molecule has 0 saturated carbocycles. The molecule has 3 N–H and O–H groups in total. The van der Waals surface area contributed by atoms with E-state index in [-0.39, 0.29) is 37.4 Å². The second-order valence-corrected chi connectivity index (χ2v) is 7.99. The van der Waals surface area contributed by atoms with Gasteiger partial charge < -0.3 is 22.1 Å². The van der Waals surface area contributed by atoms with E-state index < -0.39 is 53.9 Å². The normalized spacial score (nSPS) is 16.2. The van der Waals surface area contributed by atoms with Crippen molar-refractivity contribution in [1.29, 1.82) is 0 Å². The Kier molecular flexibility index (Phi) is 9.85. The van der Waals surface area contributed by atoms with Crippen molar-refractivity contribution in [3.05, 3.63) is 83.1 Å². The minimum absolute atomic E-state index is 0. The van der Waals surface area contributed by atoms with E-state index in [2.05, 4.69) is 10.6 Å². The van der Waals surface area contributed by atoms with Gasteiger partial charge in [0.15, 0.2) is 11.8 Å². The fourth-order valence-corrected chi connectivity index (χ4v) is 3.58. The van der Waals surface area contributed by atoms with E-state index in [1.807, 2.05) is 0 Å². The van der Waals surface area contributed by atoms with E-state index in [1.54, 1.807) is 30.3 Å². The van der Waals surface area contributed by atoms with Crippen molar-refractivity contribution in [3.63, 3.8) is 0 Å². The van der Waals surface area contributed by atoms with Crippen molar-refractivity contribution in [2.45, 2.75) is 31.1 Å². The summed E-state index contributed by atoms with van der Waals surface area (Å²) in [5.41, 5.74) is 0.624. The molecule has 36 heavy (non-hydrogen) atoms. The van der Waals surface area contributed by atoms with Crippen LogP contribution >= 0.6 is 0 Å². The van der Waals surface area contributed by atoms with Gasteiger partial charge in [0.25, 0.3) is 5.91 Å². The standard InChI is InChI=1S/C24H22F3N3O5.Na.H/c1-30-9-8-19(31)21(22(30)34)29-23(35)28-18(13-20(32)33)16-6-2-4-14(11-16)10-15-5-3-7-17(12-15)24(25,26)27;;/h2-9,11-12,18,21H,10,13H2,1H3,(H,32,33)(H2,28,29,35);;/q;+1;-1. The number of carbonyl (C=O) groups is 4. The molecule has 0 fully saturated rings. The second-order valence-electron chi connectivity index (χ2n) is 7.99. The number of carbonyl (C=O) groups excluding carboxylic acids is 3. The van der Waals surface area contributed by atoms with Crippen LogP contribution in [0, 0.1) is 0 Å². The number of likely N-dealkylation sites (N-methyl/N-ethyl adjacent to an activating group) is 1. The fourth-order valence-electron chi connectivity index (χ4n) is 3.58. The Labute approximate surface area is 228 Å². The Morgan fingerprint density at radius 3 is 2.39 bits per heavy atom. The number of rotatable bonds is 7. The quantitative estimate of drug-likeness (QED) is 0.360. The van der Waals surface area contributed by atoms with Crippen molar-refractivity contribution in [3.8, 4) is 0 Å². The molecule has 0 saturated heterocycles. The average molecular weight is 513 g/mol. The Morgan fingerprint density at radius 2 is 1.75 bits per heavy atom. The van der Waals surface area contributed by atoms with Crippen LogP contribution in [0.4, 0.5) is 18.0 Å². The first-order valence-corrected chi connectivity index (χ1v) is 10.5. The fraction of sp³-hybridized carbons (Fsp3) is 0.250. The maximum absolute atomic E-state index is 13.0. The number of hydrogen-bond acceptors (Lipinski definition) is 4. The predicted molar refractivity (Wildman–Crippen MR) is 119 cm³/mol. The summed E-state index contributed by atoms with van der Waals surface area (Å²) in [4.78, 5) is 49.2. The van der Waals surface area contributed by atoms with Crippen molar-refractivity contribution in [2.75, 3.05) is 7.05 Å². The molecule has 2 aromatic rings. The van der Waals surface area contributed by atoms with Crippen molar-refractivity contribution >= 4 is 23.7 Å². The summed E-state index contributed by atoms with van der Waals surface area (Å²) in [5.74, 6) is -2.49. The molecule has 8 nitrogen and oxygen atoms in total. The number of alkyl halides is 3. The van der Waals surface area contributed by atoms with Crippen LogP contribution in [-0.4, -0.2) is 46.8 Å². The number of aliphatic carboxylic acids is 1. The molecule has 0 bridgehead atoms. The van der Waals surface area contributed by atoms with Crippen LogP contribution in [0.25, 0.3) is 0 Å². The SMILES string of the molecule is CN1C=CC(=O)C(NC(=O)NC(CC(=O)O)c2cccc(Cc3cccc(C(F)(F)F)c3)c2)C1=O.[H-].[Na+]. The molecule has 0 aliphatic carbocycles. The molecule has 1 heterocycles. The molecule has 2 atom stereocenters. The van der Waals surface area contributed by atoms with Crippen LogP contribution in [0.1, 0.15) is 36.1 Å². The van der Waals surface area contributed by atoms with Gasteiger partial charge in [-0.3, -0.25) is 14.4 Å². The molecular formula is C24H23F3N3NaO5. The van der Waals surface area contributed by atoms with Crippen molar-refractivity contribution in [2.24, 2.45) is 0 Å². The molecule has 3 rings (SSSR count). The van der Waals surface area contributed by atoms with Crippen molar-refractivity contribution < 1.29 is 68.4 Å². The Balaban J connectivity index is 0.00000342. The predicted octanol–water partition coefficient (Wildman–Crippen LogP) is 0.151. The number of nitrogens with zero attached hydrogens (tertiary/aromatic N) is 1. The smallest absolute Gasteiger partial charge is 1.00 e. The van der Waals surface area contributed by atoms with E-state index in [1.165, 1.54) is 19.3 Å². The number of ketones is 1. The van der Waals surface area contributed by atoms with E-state index >= 15 is 0 Å². The first-order valence-electron chi connectivity index (χ1n) is 10.5. The molecule has 1 aliphatic heterocycles. The first-order chi connectivity index (χ1) is 16.4. The molecule has 0 radical (unpaired) electrons. The van der Waals surface area contributed by atoms with Gasteiger partial charge in [-0.05, 0) is 29.2 Å². The minimum atomic E-state index is -4.48. The summed E-state index contributed by atoms with van der Waals surface area (Å²) in [6.07, 6.45) is -2.43. The number of urea groups is 1. The van der Waals surface area contributed by atoms with Gasteiger partial charge in [-0.15, -0.1) is 0 Å². The number of benzene rings is 2. The van der Waals surface area contributed by atoms with Crippen LogP contribution in [0.2, 0.25) is 0 Å². The number of halogens is 3. The van der Waals surface area contributed by atoms with Gasteiger partial charge in [0.1, 0.15) is 0 Å². The summed E-state index contributed by atoms with van der Waals surface area (Å²) >= 11 is 0.